The van der Waals surface area contributed by atoms with Crippen LogP contribution in [0, 0.1) is 0 Å². The number of allylic oxidation sites excluding steroid dienone is 3. The first kappa shape index (κ1) is 19.0. The minimum Gasteiger partial charge on any atom is -0.508 e. The van der Waals surface area contributed by atoms with Crippen LogP contribution in [0.25, 0.3) is 0 Å². The van der Waals surface area contributed by atoms with Crippen LogP contribution in [0.15, 0.2) is 64.4 Å². The van der Waals surface area contributed by atoms with Gasteiger partial charge in [-0.15, -0.1) is 0 Å². The van der Waals surface area contributed by atoms with Gasteiger partial charge in [-0.2, -0.15) is 0 Å². The van der Waals surface area contributed by atoms with Gasteiger partial charge in [-0.3, -0.25) is 4.79 Å². The molecule has 0 aliphatic heterocycles. The Morgan fingerprint density at radius 2 is 1.59 bits per heavy atom. The molecular formula is C20H15Cl2NO4. The number of carbonyl (C=O) groups is 1. The van der Waals surface area contributed by atoms with Gasteiger partial charge >= 0.3 is 0 Å². The summed E-state index contributed by atoms with van der Waals surface area (Å²) in [5.74, 6) is -0.674. The van der Waals surface area contributed by atoms with E-state index in [1.54, 1.807) is 19.1 Å². The second-order valence-electron chi connectivity index (χ2n) is 6.06. The van der Waals surface area contributed by atoms with Crippen molar-refractivity contribution in [3.05, 3.63) is 75.0 Å². The Balaban J connectivity index is 2.02. The number of aliphatic hydroxyl groups excluding tert-OH is 1. The number of benzene rings is 2. The Labute approximate surface area is 165 Å². The number of phenols is 2. The molecule has 0 heterocycles. The Morgan fingerprint density at radius 1 is 0.963 bits per heavy atom. The smallest absolute Gasteiger partial charge is 0.208 e. The average molecular weight is 404 g/mol. The molecule has 1 aliphatic carbocycles. The van der Waals surface area contributed by atoms with E-state index in [1.165, 1.54) is 24.3 Å². The third kappa shape index (κ3) is 3.99. The maximum atomic E-state index is 12.3. The summed E-state index contributed by atoms with van der Waals surface area (Å²) in [6.07, 6.45) is 1.42. The van der Waals surface area contributed by atoms with Crippen LogP contribution in [0.1, 0.15) is 12.5 Å². The molecule has 27 heavy (non-hydrogen) atoms. The zero-order chi connectivity index (χ0) is 19.7. The van der Waals surface area contributed by atoms with Crippen LogP contribution in [0.5, 0.6) is 11.5 Å². The largest absolute Gasteiger partial charge is 0.508 e. The summed E-state index contributed by atoms with van der Waals surface area (Å²) in [7, 11) is 0. The number of hydrogen-bond donors (Lipinski definition) is 3. The maximum Gasteiger partial charge on any atom is 0.208 e. The number of aliphatic hydroxyl groups is 1. The highest BCUT2D eigenvalue weighted by Crippen LogP contribution is 2.31. The SMILES string of the molecule is CC1=C(Cc2ccc(O)c(Cl)c2)C(O)=CC(=O)C1=Nc1ccc(O)c(Cl)c1. The number of phenolic OH excluding ortho intramolecular Hbond substituents is 2. The lowest BCUT2D eigenvalue weighted by atomic mass is 9.90. The summed E-state index contributed by atoms with van der Waals surface area (Å²) in [4.78, 5) is 16.7. The number of rotatable bonds is 3. The molecule has 5 nitrogen and oxygen atoms in total. The second-order valence-corrected chi connectivity index (χ2v) is 6.87. The highest BCUT2D eigenvalue weighted by molar-refractivity contribution is 6.51. The Kier molecular flexibility index (Phi) is 5.26. The van der Waals surface area contributed by atoms with Crippen molar-refractivity contribution in [1.29, 1.82) is 0 Å². The fourth-order valence-corrected chi connectivity index (χ4v) is 3.10. The normalized spacial score (nSPS) is 16.0. The third-order valence-corrected chi connectivity index (χ3v) is 4.79. The number of aliphatic imine (C=N–C) groups is 1. The van der Waals surface area contributed by atoms with Crippen LogP contribution < -0.4 is 0 Å². The van der Waals surface area contributed by atoms with Crippen LogP contribution in [0.2, 0.25) is 10.0 Å². The van der Waals surface area contributed by atoms with Gasteiger partial charge in [-0.1, -0.05) is 29.3 Å². The molecule has 138 valence electrons. The van der Waals surface area contributed by atoms with E-state index < -0.39 is 5.78 Å². The quantitative estimate of drug-likeness (QED) is 0.624. The minimum absolute atomic E-state index is 0.0313. The molecule has 0 aromatic heterocycles. The van der Waals surface area contributed by atoms with Crippen molar-refractivity contribution in [1.82, 2.24) is 0 Å². The van der Waals surface area contributed by atoms with E-state index in [-0.39, 0.29) is 33.0 Å². The highest BCUT2D eigenvalue weighted by Gasteiger charge is 2.24. The summed E-state index contributed by atoms with van der Waals surface area (Å²) < 4.78 is 0. The minimum atomic E-state index is -0.429. The van der Waals surface area contributed by atoms with E-state index in [1.807, 2.05) is 0 Å². The van der Waals surface area contributed by atoms with Crippen LogP contribution >= 0.6 is 23.2 Å². The van der Waals surface area contributed by atoms with Crippen molar-refractivity contribution < 1.29 is 20.1 Å². The molecule has 0 spiro atoms. The summed E-state index contributed by atoms with van der Waals surface area (Å²) in [5, 5.41) is 29.6. The van der Waals surface area contributed by atoms with Gasteiger partial charge in [0.05, 0.1) is 15.7 Å². The molecule has 0 atom stereocenters. The zero-order valence-electron chi connectivity index (χ0n) is 14.2. The molecule has 0 saturated carbocycles. The fourth-order valence-electron chi connectivity index (χ4n) is 2.72. The topological polar surface area (TPSA) is 90.1 Å². The summed E-state index contributed by atoms with van der Waals surface area (Å²) >= 11 is 11.8. The molecule has 0 unspecified atom stereocenters. The lowest BCUT2D eigenvalue weighted by Crippen LogP contribution is -2.21. The molecule has 3 rings (SSSR count). The van der Waals surface area contributed by atoms with Crippen molar-refractivity contribution in [3.8, 4) is 11.5 Å². The zero-order valence-corrected chi connectivity index (χ0v) is 15.7. The molecule has 0 fully saturated rings. The van der Waals surface area contributed by atoms with Gasteiger partial charge in [0, 0.05) is 18.1 Å². The van der Waals surface area contributed by atoms with Crippen molar-refractivity contribution >= 4 is 40.4 Å². The number of nitrogens with zero attached hydrogens (tertiary/aromatic N) is 1. The number of halogens is 2. The molecule has 3 N–H and O–H groups in total. The van der Waals surface area contributed by atoms with E-state index in [9.17, 15) is 20.1 Å². The summed E-state index contributed by atoms with van der Waals surface area (Å²) in [6, 6.07) is 9.12. The number of hydrogen-bond acceptors (Lipinski definition) is 5. The fraction of sp³-hybridized carbons (Fsp3) is 0.100. The first-order valence-corrected chi connectivity index (χ1v) is 8.72. The van der Waals surface area contributed by atoms with E-state index in [2.05, 4.69) is 4.99 Å². The number of ketones is 1. The van der Waals surface area contributed by atoms with Gasteiger partial charge in [0.2, 0.25) is 5.78 Å². The Hall–Kier alpha value is -2.76. The average Bonchev–Trinajstić information content (AvgIpc) is 2.61. The van der Waals surface area contributed by atoms with Gasteiger partial charge in [-0.25, -0.2) is 4.99 Å². The third-order valence-electron chi connectivity index (χ3n) is 4.18. The van der Waals surface area contributed by atoms with Crippen molar-refractivity contribution in [2.45, 2.75) is 13.3 Å². The monoisotopic (exact) mass is 403 g/mol. The molecule has 7 heteroatoms. The first-order chi connectivity index (χ1) is 12.8. The molecule has 0 bridgehead atoms. The molecule has 0 radical (unpaired) electrons. The molecule has 1 aliphatic rings. The van der Waals surface area contributed by atoms with E-state index in [4.69, 9.17) is 23.2 Å². The number of carbonyl (C=O) groups excluding carboxylic acids is 1. The summed E-state index contributed by atoms with van der Waals surface area (Å²) in [6.45, 7) is 1.69. The molecule has 2 aromatic carbocycles. The van der Waals surface area contributed by atoms with Crippen LogP contribution in [0.3, 0.4) is 0 Å². The standard InChI is InChI=1S/C20H15Cl2NO4/c1-10-13(6-11-2-4-16(24)14(21)7-11)18(26)9-19(27)20(10)23-12-3-5-17(25)15(22)8-12/h2-5,7-9,24-26H,6H2,1H3. The molecule has 2 aromatic rings. The molecule has 0 saturated heterocycles. The molecular weight excluding hydrogens is 389 g/mol. The van der Waals surface area contributed by atoms with E-state index in [0.29, 0.717) is 23.3 Å². The Bertz CT molecular complexity index is 1040. The first-order valence-electron chi connectivity index (χ1n) is 7.96. The van der Waals surface area contributed by atoms with E-state index >= 15 is 0 Å². The van der Waals surface area contributed by atoms with E-state index in [0.717, 1.165) is 11.6 Å². The van der Waals surface area contributed by atoms with Gasteiger partial charge in [0.25, 0.3) is 0 Å². The van der Waals surface area contributed by atoms with Crippen molar-refractivity contribution in [3.63, 3.8) is 0 Å². The van der Waals surface area contributed by atoms with Gasteiger partial charge < -0.3 is 15.3 Å². The van der Waals surface area contributed by atoms with Crippen LogP contribution in [0.4, 0.5) is 5.69 Å². The van der Waals surface area contributed by atoms with Crippen LogP contribution in [-0.2, 0) is 11.2 Å². The lowest BCUT2D eigenvalue weighted by Gasteiger charge is -2.18. The Morgan fingerprint density at radius 3 is 2.22 bits per heavy atom. The number of aromatic hydroxyl groups is 2. The van der Waals surface area contributed by atoms with Gasteiger partial charge in [0.1, 0.15) is 23.0 Å². The predicted octanol–water partition coefficient (Wildman–Crippen LogP) is 5.06. The molecule has 0 amide bonds. The summed E-state index contributed by atoms with van der Waals surface area (Å²) in [5.41, 5.74) is 2.39. The van der Waals surface area contributed by atoms with Crippen LogP contribution in [-0.4, -0.2) is 26.8 Å². The second kappa shape index (κ2) is 7.47. The predicted molar refractivity (Wildman–Crippen MR) is 105 cm³/mol. The maximum absolute atomic E-state index is 12.3. The van der Waals surface area contributed by atoms with Gasteiger partial charge in [-0.05, 0) is 48.4 Å². The lowest BCUT2D eigenvalue weighted by molar-refractivity contribution is -0.109. The highest BCUT2D eigenvalue weighted by atomic mass is 35.5. The van der Waals surface area contributed by atoms with Gasteiger partial charge in [0.15, 0.2) is 0 Å². The van der Waals surface area contributed by atoms with Crippen molar-refractivity contribution in [2.24, 2.45) is 4.99 Å². The van der Waals surface area contributed by atoms with Crippen molar-refractivity contribution in [2.75, 3.05) is 0 Å².